The molecule has 1 N–H and O–H groups in total. The maximum Gasteiger partial charge on any atom is 0.407 e. The number of thiazole rings is 1. The van der Waals surface area contributed by atoms with Crippen molar-refractivity contribution in [1.82, 2.24) is 20.2 Å². The molecule has 1 aliphatic heterocycles. The van der Waals surface area contributed by atoms with E-state index in [1.165, 1.54) is 11.3 Å². The number of hydrogen-bond donors (Lipinski definition) is 1. The molecule has 10 heteroatoms. The standard InChI is InChI=1S/C31H37N5O4S/c1-22(2)19-36(29(37)24-10-11-27-28(17-24)40-30(34-27)35-13-6-7-14-35)15-12-25(16-23-8-4-3-5-9-23)33-31(38)39-20-26-18-32-21-41-26/h3-5,8-11,17-18,21-22,25H,6-7,12-16,19-20H2,1-2H3,(H,33,38)/t25-/m1/s1. The lowest BCUT2D eigenvalue weighted by molar-refractivity contribution is 0.0728. The Hall–Kier alpha value is -3.92. The third-order valence-electron chi connectivity index (χ3n) is 7.10. The van der Waals surface area contributed by atoms with Gasteiger partial charge in [-0.25, -0.2) is 4.79 Å². The largest absolute Gasteiger partial charge is 0.444 e. The highest BCUT2D eigenvalue weighted by Gasteiger charge is 2.23. The lowest BCUT2D eigenvalue weighted by Crippen LogP contribution is -2.42. The van der Waals surface area contributed by atoms with Crippen molar-refractivity contribution in [2.45, 2.75) is 52.2 Å². The van der Waals surface area contributed by atoms with Crippen molar-refractivity contribution in [1.29, 1.82) is 0 Å². The number of fused-ring (bicyclic) bond motifs is 1. The van der Waals surface area contributed by atoms with Gasteiger partial charge in [-0.05, 0) is 55.4 Å². The average Bonchev–Trinajstić information content (AvgIpc) is 3.75. The molecule has 1 saturated heterocycles. The van der Waals surface area contributed by atoms with Crippen LogP contribution in [0, 0.1) is 5.92 Å². The van der Waals surface area contributed by atoms with Gasteiger partial charge in [0.1, 0.15) is 12.1 Å². The van der Waals surface area contributed by atoms with Crippen LogP contribution in [0.25, 0.3) is 11.1 Å². The van der Waals surface area contributed by atoms with Crippen LogP contribution in [0.3, 0.4) is 0 Å². The number of rotatable bonds is 12. The molecule has 0 aliphatic carbocycles. The van der Waals surface area contributed by atoms with Gasteiger partial charge in [0.05, 0.1) is 10.4 Å². The highest BCUT2D eigenvalue weighted by atomic mass is 32.1. The van der Waals surface area contributed by atoms with Crippen molar-refractivity contribution in [3.8, 4) is 0 Å². The van der Waals surface area contributed by atoms with E-state index in [0.717, 1.165) is 41.9 Å². The summed E-state index contributed by atoms with van der Waals surface area (Å²) in [4.78, 5) is 40.0. The van der Waals surface area contributed by atoms with Gasteiger partial charge in [0.25, 0.3) is 11.9 Å². The number of alkyl carbamates (subject to hydrolysis) is 1. The van der Waals surface area contributed by atoms with Crippen molar-refractivity contribution in [3.63, 3.8) is 0 Å². The number of aromatic nitrogens is 2. The quantitative estimate of drug-likeness (QED) is 0.224. The van der Waals surface area contributed by atoms with Gasteiger partial charge in [-0.3, -0.25) is 9.78 Å². The SMILES string of the molecule is CC(C)CN(CC[C@H](Cc1ccccc1)NC(=O)OCc1cncs1)C(=O)c1ccc2nc(N3CCCC3)oc2c1. The molecule has 0 unspecified atom stereocenters. The van der Waals surface area contributed by atoms with Crippen molar-refractivity contribution < 1.29 is 18.7 Å². The maximum atomic E-state index is 13.8. The Labute approximate surface area is 244 Å². The Balaban J connectivity index is 1.27. The smallest absolute Gasteiger partial charge is 0.407 e. The Morgan fingerprint density at radius 3 is 2.68 bits per heavy atom. The molecule has 5 rings (SSSR count). The molecule has 1 aliphatic rings. The molecule has 0 saturated carbocycles. The van der Waals surface area contributed by atoms with Gasteiger partial charge < -0.3 is 24.3 Å². The van der Waals surface area contributed by atoms with Crippen LogP contribution >= 0.6 is 11.3 Å². The van der Waals surface area contributed by atoms with Gasteiger partial charge >= 0.3 is 6.09 Å². The van der Waals surface area contributed by atoms with Gasteiger partial charge in [0.2, 0.25) is 0 Å². The predicted molar refractivity (Wildman–Crippen MR) is 160 cm³/mol. The summed E-state index contributed by atoms with van der Waals surface area (Å²) >= 11 is 1.44. The number of ether oxygens (including phenoxy) is 1. The number of amides is 2. The second kappa shape index (κ2) is 13.6. The Morgan fingerprint density at radius 2 is 1.95 bits per heavy atom. The monoisotopic (exact) mass is 575 g/mol. The number of oxazole rings is 1. The summed E-state index contributed by atoms with van der Waals surface area (Å²) in [5.41, 5.74) is 4.75. The Morgan fingerprint density at radius 1 is 1.15 bits per heavy atom. The fourth-order valence-corrected chi connectivity index (χ4v) is 5.59. The molecule has 0 bridgehead atoms. The Kier molecular flexibility index (Phi) is 9.51. The van der Waals surface area contributed by atoms with Crippen LogP contribution in [0.4, 0.5) is 10.8 Å². The second-order valence-electron chi connectivity index (χ2n) is 10.9. The first-order chi connectivity index (χ1) is 19.9. The second-order valence-corrected chi connectivity index (χ2v) is 11.9. The van der Waals surface area contributed by atoms with Crippen LogP contribution in [0.15, 0.2) is 64.7 Å². The molecule has 4 aromatic rings. The zero-order valence-corrected chi connectivity index (χ0v) is 24.4. The highest BCUT2D eigenvalue weighted by molar-refractivity contribution is 7.09. The number of hydrogen-bond acceptors (Lipinski definition) is 8. The average molecular weight is 576 g/mol. The number of benzene rings is 2. The summed E-state index contributed by atoms with van der Waals surface area (Å²) in [6.45, 7) is 7.33. The van der Waals surface area contributed by atoms with Crippen LogP contribution in [0.5, 0.6) is 0 Å². The topological polar surface area (TPSA) is 101 Å². The van der Waals surface area contributed by atoms with E-state index >= 15 is 0 Å². The van der Waals surface area contributed by atoms with E-state index in [9.17, 15) is 9.59 Å². The molecule has 216 valence electrons. The minimum absolute atomic E-state index is 0.0639. The van der Waals surface area contributed by atoms with Gasteiger partial charge in [0, 0.05) is 44.0 Å². The maximum absolute atomic E-state index is 13.8. The van der Waals surface area contributed by atoms with Crippen molar-refractivity contribution in [2.24, 2.45) is 5.92 Å². The van der Waals surface area contributed by atoms with Crippen LogP contribution in [0.2, 0.25) is 0 Å². The van der Waals surface area contributed by atoms with Crippen LogP contribution in [0.1, 0.15) is 53.9 Å². The van der Waals surface area contributed by atoms with Gasteiger partial charge in [-0.15, -0.1) is 11.3 Å². The Bertz CT molecular complexity index is 1420. The zero-order valence-electron chi connectivity index (χ0n) is 23.6. The van der Waals surface area contributed by atoms with Gasteiger partial charge in [0.15, 0.2) is 5.58 Å². The van der Waals surface area contributed by atoms with Crippen LogP contribution in [-0.4, -0.2) is 59.1 Å². The number of nitrogens with one attached hydrogen (secondary N) is 1. The molecular weight excluding hydrogens is 538 g/mol. The molecule has 2 amide bonds. The number of carbonyl (C=O) groups is 2. The predicted octanol–water partition coefficient (Wildman–Crippen LogP) is 5.91. The van der Waals surface area contributed by atoms with Crippen molar-refractivity contribution in [2.75, 3.05) is 31.1 Å². The summed E-state index contributed by atoms with van der Waals surface area (Å²) in [7, 11) is 0. The number of anilines is 1. The molecule has 1 atom stereocenters. The molecule has 0 radical (unpaired) electrons. The molecular formula is C31H37N5O4S. The van der Waals surface area contributed by atoms with E-state index in [-0.39, 0.29) is 24.5 Å². The van der Waals surface area contributed by atoms with E-state index < -0.39 is 6.09 Å². The third-order valence-corrected chi connectivity index (χ3v) is 7.85. The summed E-state index contributed by atoms with van der Waals surface area (Å²) in [5, 5.41) is 3.03. The highest BCUT2D eigenvalue weighted by Crippen LogP contribution is 2.26. The summed E-state index contributed by atoms with van der Waals surface area (Å²) in [6, 6.07) is 15.9. The zero-order chi connectivity index (χ0) is 28.6. The molecule has 1 fully saturated rings. The van der Waals surface area contributed by atoms with Gasteiger partial charge in [-0.1, -0.05) is 44.2 Å². The molecule has 2 aromatic carbocycles. The normalized spacial score (nSPS) is 14.0. The van der Waals surface area contributed by atoms with Gasteiger partial charge in [-0.2, -0.15) is 4.98 Å². The fourth-order valence-electron chi connectivity index (χ4n) is 5.08. The summed E-state index contributed by atoms with van der Waals surface area (Å²) in [6.07, 6.45) is 4.69. The number of carbonyl (C=O) groups excluding carboxylic acids is 2. The molecule has 41 heavy (non-hydrogen) atoms. The van der Waals surface area contributed by atoms with Crippen molar-refractivity contribution >= 4 is 40.5 Å². The summed E-state index contributed by atoms with van der Waals surface area (Å²) < 4.78 is 11.5. The lowest BCUT2D eigenvalue weighted by atomic mass is 10.0. The minimum atomic E-state index is -0.481. The third kappa shape index (κ3) is 7.85. The number of nitrogens with zero attached hydrogens (tertiary/aromatic N) is 4. The van der Waals surface area contributed by atoms with Crippen LogP contribution < -0.4 is 10.2 Å². The lowest BCUT2D eigenvalue weighted by Gasteiger charge is -2.27. The van der Waals surface area contributed by atoms with Crippen LogP contribution in [-0.2, 0) is 17.8 Å². The summed E-state index contributed by atoms with van der Waals surface area (Å²) in [5.74, 6) is 0.214. The van der Waals surface area contributed by atoms with Crippen molar-refractivity contribution in [3.05, 3.63) is 76.2 Å². The first-order valence-electron chi connectivity index (χ1n) is 14.2. The van der Waals surface area contributed by atoms with E-state index in [4.69, 9.17) is 9.15 Å². The molecule has 2 aromatic heterocycles. The van der Waals surface area contributed by atoms with E-state index in [0.29, 0.717) is 43.1 Å². The molecule has 3 heterocycles. The van der Waals surface area contributed by atoms with E-state index in [1.54, 1.807) is 17.8 Å². The minimum Gasteiger partial charge on any atom is -0.444 e. The fraction of sp³-hybridized carbons (Fsp3) is 0.419. The van der Waals surface area contributed by atoms with E-state index in [1.807, 2.05) is 47.4 Å². The first-order valence-corrected chi connectivity index (χ1v) is 15.1. The van der Waals surface area contributed by atoms with E-state index in [2.05, 4.69) is 34.0 Å². The molecule has 9 nitrogen and oxygen atoms in total. The first kappa shape index (κ1) is 28.6. The molecule has 0 spiro atoms.